The maximum Gasteiger partial charge on any atom is 0.532 e. The Bertz CT molecular complexity index is 193. The quantitative estimate of drug-likeness (QED) is 0.632. The smallest absolute Gasteiger partial charge is 0.370 e. The zero-order valence-corrected chi connectivity index (χ0v) is 11.8. The Morgan fingerprint density at radius 2 is 1.13 bits per heavy atom. The Morgan fingerprint density at radius 3 is 1.33 bits per heavy atom. The van der Waals surface area contributed by atoms with Gasteiger partial charge in [-0.2, -0.15) is 0 Å². The monoisotopic (exact) mass is 232 g/mol. The van der Waals surface area contributed by atoms with Crippen LogP contribution in [-0.4, -0.2) is 28.6 Å². The molecule has 0 bridgehead atoms. The van der Waals surface area contributed by atoms with Gasteiger partial charge in [-0.15, -0.1) is 0 Å². The summed E-state index contributed by atoms with van der Waals surface area (Å²) >= 11 is 0. The molecule has 0 aliphatic carbocycles. The standard InChI is InChI=1S/C11H24O3Si/c1-7-12-15(13-8-2,14-9-3)11(6)10(4)5/h7-9H2,1-6H3. The molecule has 0 saturated carbocycles. The lowest BCUT2D eigenvalue weighted by atomic mass is 10.3. The molecule has 0 heterocycles. The molecule has 0 spiro atoms. The minimum absolute atomic E-state index is 0.622. The molecule has 0 fully saturated rings. The molecule has 3 nitrogen and oxygen atoms in total. The number of hydrogen-bond acceptors (Lipinski definition) is 3. The Balaban J connectivity index is 5.00. The highest BCUT2D eigenvalue weighted by molar-refractivity contribution is 6.68. The highest BCUT2D eigenvalue weighted by atomic mass is 28.4. The van der Waals surface area contributed by atoms with Crippen molar-refractivity contribution in [1.82, 2.24) is 0 Å². The van der Waals surface area contributed by atoms with E-state index in [0.717, 1.165) is 5.20 Å². The van der Waals surface area contributed by atoms with Gasteiger partial charge in [-0.25, -0.2) is 0 Å². The summed E-state index contributed by atoms with van der Waals surface area (Å²) in [5.41, 5.74) is 1.22. The number of allylic oxidation sites excluding steroid dienone is 2. The Kier molecular flexibility index (Phi) is 7.09. The molecule has 0 aliphatic rings. The van der Waals surface area contributed by atoms with Crippen LogP contribution in [0.25, 0.3) is 0 Å². The molecule has 0 saturated heterocycles. The zero-order valence-electron chi connectivity index (χ0n) is 10.8. The fraction of sp³-hybridized carbons (Fsp3) is 0.818. The zero-order chi connectivity index (χ0) is 11.9. The van der Waals surface area contributed by atoms with E-state index in [4.69, 9.17) is 13.3 Å². The Morgan fingerprint density at radius 1 is 0.800 bits per heavy atom. The molecule has 0 aromatic rings. The van der Waals surface area contributed by atoms with Gasteiger partial charge >= 0.3 is 8.80 Å². The molecule has 15 heavy (non-hydrogen) atoms. The molecule has 0 N–H and O–H groups in total. The van der Waals surface area contributed by atoms with Crippen LogP contribution in [0.4, 0.5) is 0 Å². The maximum atomic E-state index is 5.77. The summed E-state index contributed by atoms with van der Waals surface area (Å²) in [5, 5.41) is 1.13. The third kappa shape index (κ3) is 4.07. The van der Waals surface area contributed by atoms with Crippen molar-refractivity contribution in [3.8, 4) is 0 Å². The van der Waals surface area contributed by atoms with Crippen LogP contribution < -0.4 is 0 Å². The molecule has 0 atom stereocenters. The molecular formula is C11H24O3Si. The van der Waals surface area contributed by atoms with Crippen LogP contribution >= 0.6 is 0 Å². The van der Waals surface area contributed by atoms with Crippen molar-refractivity contribution in [2.75, 3.05) is 19.8 Å². The van der Waals surface area contributed by atoms with Gasteiger partial charge in [0.05, 0.1) is 0 Å². The molecule has 0 rings (SSSR count). The van der Waals surface area contributed by atoms with Crippen molar-refractivity contribution in [3.05, 3.63) is 10.8 Å². The van der Waals surface area contributed by atoms with E-state index < -0.39 is 8.80 Å². The predicted octanol–water partition coefficient (Wildman–Crippen LogP) is 2.93. The van der Waals surface area contributed by atoms with Gasteiger partial charge in [-0.3, -0.25) is 0 Å². The Labute approximate surface area is 94.8 Å². The van der Waals surface area contributed by atoms with E-state index >= 15 is 0 Å². The van der Waals surface area contributed by atoms with Gasteiger partial charge in [0.15, 0.2) is 0 Å². The van der Waals surface area contributed by atoms with Gasteiger partial charge in [0.1, 0.15) is 0 Å². The first-order valence-electron chi connectivity index (χ1n) is 5.60. The molecule has 0 radical (unpaired) electrons. The fourth-order valence-electron chi connectivity index (χ4n) is 1.33. The molecule has 0 amide bonds. The third-order valence-electron chi connectivity index (χ3n) is 2.21. The van der Waals surface area contributed by atoms with Crippen LogP contribution in [0.15, 0.2) is 10.8 Å². The van der Waals surface area contributed by atoms with Crippen LogP contribution in [0, 0.1) is 0 Å². The van der Waals surface area contributed by atoms with Crippen molar-refractivity contribution in [2.24, 2.45) is 0 Å². The maximum absolute atomic E-state index is 5.77. The van der Waals surface area contributed by atoms with E-state index in [1.54, 1.807) is 0 Å². The van der Waals surface area contributed by atoms with E-state index in [0.29, 0.717) is 19.8 Å². The first-order valence-corrected chi connectivity index (χ1v) is 7.32. The molecule has 90 valence electrons. The molecule has 0 aromatic carbocycles. The molecule has 4 heteroatoms. The molecule has 0 aliphatic heterocycles. The van der Waals surface area contributed by atoms with Gasteiger partial charge in [0.2, 0.25) is 0 Å². The summed E-state index contributed by atoms with van der Waals surface area (Å²) < 4.78 is 17.3. The Hall–Kier alpha value is -0.163. The van der Waals surface area contributed by atoms with Gasteiger partial charge in [0, 0.05) is 19.8 Å². The SMILES string of the molecule is CCO[Si](OCC)(OCC)C(C)=C(C)C. The van der Waals surface area contributed by atoms with Gasteiger partial charge in [0.25, 0.3) is 0 Å². The summed E-state index contributed by atoms with van der Waals surface area (Å²) in [5.74, 6) is 0. The summed E-state index contributed by atoms with van der Waals surface area (Å²) in [6.45, 7) is 13.9. The largest absolute Gasteiger partial charge is 0.532 e. The average Bonchev–Trinajstić information content (AvgIpc) is 2.17. The van der Waals surface area contributed by atoms with Gasteiger partial charge in [-0.1, -0.05) is 5.57 Å². The fourth-order valence-corrected chi connectivity index (χ4v) is 3.98. The lowest BCUT2D eigenvalue weighted by Gasteiger charge is -2.29. The second kappa shape index (κ2) is 7.17. The topological polar surface area (TPSA) is 27.7 Å². The summed E-state index contributed by atoms with van der Waals surface area (Å²) in [6.07, 6.45) is 0. The first kappa shape index (κ1) is 14.8. The second-order valence-corrected chi connectivity index (χ2v) is 6.21. The summed E-state index contributed by atoms with van der Waals surface area (Å²) in [6, 6.07) is 0. The van der Waals surface area contributed by atoms with Crippen molar-refractivity contribution >= 4 is 8.80 Å². The highest BCUT2D eigenvalue weighted by Crippen LogP contribution is 2.22. The van der Waals surface area contributed by atoms with Crippen LogP contribution in [0.2, 0.25) is 0 Å². The second-order valence-electron chi connectivity index (χ2n) is 3.48. The van der Waals surface area contributed by atoms with E-state index in [9.17, 15) is 0 Å². The van der Waals surface area contributed by atoms with Crippen molar-refractivity contribution < 1.29 is 13.3 Å². The van der Waals surface area contributed by atoms with E-state index in [1.807, 2.05) is 27.7 Å². The number of rotatable bonds is 7. The predicted molar refractivity (Wildman–Crippen MR) is 64.7 cm³/mol. The summed E-state index contributed by atoms with van der Waals surface area (Å²) in [7, 11) is -2.58. The minimum Gasteiger partial charge on any atom is -0.370 e. The first-order chi connectivity index (χ1) is 7.04. The van der Waals surface area contributed by atoms with Crippen molar-refractivity contribution in [1.29, 1.82) is 0 Å². The molecular weight excluding hydrogens is 208 g/mol. The van der Waals surface area contributed by atoms with Gasteiger partial charge < -0.3 is 13.3 Å². The van der Waals surface area contributed by atoms with E-state index in [1.165, 1.54) is 5.57 Å². The minimum atomic E-state index is -2.58. The van der Waals surface area contributed by atoms with Crippen LogP contribution in [0.1, 0.15) is 41.5 Å². The highest BCUT2D eigenvalue weighted by Gasteiger charge is 2.43. The van der Waals surface area contributed by atoms with Crippen LogP contribution in [0.3, 0.4) is 0 Å². The molecule has 0 unspecified atom stereocenters. The normalized spacial score (nSPS) is 11.6. The van der Waals surface area contributed by atoms with Crippen molar-refractivity contribution in [2.45, 2.75) is 41.5 Å². The van der Waals surface area contributed by atoms with Crippen molar-refractivity contribution in [3.63, 3.8) is 0 Å². The van der Waals surface area contributed by atoms with Crippen LogP contribution in [-0.2, 0) is 13.3 Å². The lowest BCUT2D eigenvalue weighted by molar-refractivity contribution is 0.0805. The average molecular weight is 232 g/mol. The molecule has 0 aromatic heterocycles. The third-order valence-corrected chi connectivity index (χ3v) is 5.64. The van der Waals surface area contributed by atoms with Gasteiger partial charge in [-0.05, 0) is 46.7 Å². The lowest BCUT2D eigenvalue weighted by Crippen LogP contribution is -2.48. The van der Waals surface area contributed by atoms with E-state index in [2.05, 4.69) is 13.8 Å². The van der Waals surface area contributed by atoms with E-state index in [-0.39, 0.29) is 0 Å². The summed E-state index contributed by atoms with van der Waals surface area (Å²) in [4.78, 5) is 0. The number of hydrogen-bond donors (Lipinski definition) is 0. The van der Waals surface area contributed by atoms with Crippen LogP contribution in [0.5, 0.6) is 0 Å².